The van der Waals surface area contributed by atoms with Crippen LogP contribution in [0.15, 0.2) is 48.5 Å². The molecule has 0 heterocycles. The minimum atomic E-state index is -3.67. The molecule has 0 aliphatic heterocycles. The van der Waals surface area contributed by atoms with Crippen LogP contribution in [0.2, 0.25) is 0 Å². The number of aryl methyl sites for hydroxylation is 2. The fourth-order valence-electron chi connectivity index (χ4n) is 2.42. The van der Waals surface area contributed by atoms with Crippen LogP contribution in [0.4, 0.5) is 5.69 Å². The van der Waals surface area contributed by atoms with E-state index in [0.29, 0.717) is 11.3 Å². The number of hydrogen-bond donors (Lipinski definition) is 2. The van der Waals surface area contributed by atoms with Gasteiger partial charge in [-0.3, -0.25) is 24.7 Å². The average molecular weight is 375 g/mol. The molecular weight excluding hydrogens is 354 g/mol. The van der Waals surface area contributed by atoms with Crippen molar-refractivity contribution in [2.75, 3.05) is 17.1 Å². The van der Waals surface area contributed by atoms with Crippen molar-refractivity contribution in [3.8, 4) is 0 Å². The fourth-order valence-corrected chi connectivity index (χ4v) is 3.33. The monoisotopic (exact) mass is 375 g/mol. The summed E-state index contributed by atoms with van der Waals surface area (Å²) < 4.78 is 25.2. The number of sulfonamides is 1. The molecule has 0 aliphatic rings. The Kier molecular flexibility index (Phi) is 5.99. The maximum absolute atomic E-state index is 12.2. The Morgan fingerprint density at radius 2 is 1.50 bits per heavy atom. The SMILES string of the molecule is Cc1ccccc1C(=O)NNC(=O)CN(c1ccccc1C)S(C)(=O)=O. The molecule has 0 bridgehead atoms. The van der Waals surface area contributed by atoms with Crippen LogP contribution in [0.25, 0.3) is 0 Å². The van der Waals surface area contributed by atoms with Crippen LogP contribution in [0.3, 0.4) is 0 Å². The molecular formula is C18H21N3O4S. The van der Waals surface area contributed by atoms with Gasteiger partial charge in [0.05, 0.1) is 11.9 Å². The van der Waals surface area contributed by atoms with Crippen LogP contribution in [0, 0.1) is 13.8 Å². The van der Waals surface area contributed by atoms with Crippen molar-refractivity contribution in [1.82, 2.24) is 10.9 Å². The van der Waals surface area contributed by atoms with E-state index in [1.807, 2.05) is 0 Å². The lowest BCUT2D eigenvalue weighted by Gasteiger charge is -2.23. The molecule has 0 saturated carbocycles. The number of nitrogens with one attached hydrogen (secondary N) is 2. The molecule has 2 N–H and O–H groups in total. The normalized spacial score (nSPS) is 10.9. The van der Waals surface area contributed by atoms with Crippen molar-refractivity contribution in [2.24, 2.45) is 0 Å². The van der Waals surface area contributed by atoms with E-state index in [2.05, 4.69) is 10.9 Å². The van der Waals surface area contributed by atoms with Crippen LogP contribution < -0.4 is 15.2 Å². The number of carbonyl (C=O) groups excluding carboxylic acids is 2. The number of carbonyl (C=O) groups is 2. The summed E-state index contributed by atoms with van der Waals surface area (Å²) in [5, 5.41) is 0. The van der Waals surface area contributed by atoms with Crippen molar-refractivity contribution in [2.45, 2.75) is 13.8 Å². The molecule has 2 amide bonds. The van der Waals surface area contributed by atoms with Crippen LogP contribution >= 0.6 is 0 Å². The largest absolute Gasteiger partial charge is 0.271 e. The van der Waals surface area contributed by atoms with Gasteiger partial charge in [-0.15, -0.1) is 0 Å². The third-order valence-electron chi connectivity index (χ3n) is 3.78. The summed E-state index contributed by atoms with van der Waals surface area (Å²) in [5.41, 5.74) is 6.87. The van der Waals surface area contributed by atoms with Gasteiger partial charge in [-0.25, -0.2) is 8.42 Å². The molecule has 2 rings (SSSR count). The van der Waals surface area contributed by atoms with Crippen molar-refractivity contribution in [3.05, 3.63) is 65.2 Å². The molecule has 0 saturated heterocycles. The van der Waals surface area contributed by atoms with Crippen molar-refractivity contribution >= 4 is 27.5 Å². The quantitative estimate of drug-likeness (QED) is 0.775. The number of para-hydroxylation sites is 1. The first-order chi connectivity index (χ1) is 12.2. The molecule has 138 valence electrons. The van der Waals surface area contributed by atoms with E-state index in [-0.39, 0.29) is 0 Å². The van der Waals surface area contributed by atoms with Crippen molar-refractivity contribution < 1.29 is 18.0 Å². The summed E-state index contributed by atoms with van der Waals surface area (Å²) in [6, 6.07) is 13.8. The molecule has 7 nitrogen and oxygen atoms in total. The molecule has 8 heteroatoms. The van der Waals surface area contributed by atoms with E-state index in [1.54, 1.807) is 62.4 Å². The number of hydrazine groups is 1. The van der Waals surface area contributed by atoms with Crippen LogP contribution in [0.5, 0.6) is 0 Å². The predicted molar refractivity (Wildman–Crippen MR) is 100 cm³/mol. The maximum Gasteiger partial charge on any atom is 0.269 e. The number of benzene rings is 2. The first-order valence-corrected chi connectivity index (χ1v) is 9.73. The van der Waals surface area contributed by atoms with Gasteiger partial charge in [0.1, 0.15) is 6.54 Å². The summed E-state index contributed by atoms with van der Waals surface area (Å²) in [4.78, 5) is 24.3. The van der Waals surface area contributed by atoms with Gasteiger partial charge < -0.3 is 0 Å². The Morgan fingerprint density at radius 3 is 2.08 bits per heavy atom. The molecule has 0 spiro atoms. The molecule has 0 aliphatic carbocycles. The van der Waals surface area contributed by atoms with E-state index >= 15 is 0 Å². The third kappa shape index (κ3) is 4.82. The van der Waals surface area contributed by atoms with E-state index in [9.17, 15) is 18.0 Å². The Morgan fingerprint density at radius 1 is 0.923 bits per heavy atom. The van der Waals surface area contributed by atoms with Gasteiger partial charge in [0, 0.05) is 5.56 Å². The van der Waals surface area contributed by atoms with Crippen LogP contribution in [0.1, 0.15) is 21.5 Å². The Bertz CT molecular complexity index is 926. The highest BCUT2D eigenvalue weighted by molar-refractivity contribution is 7.92. The minimum Gasteiger partial charge on any atom is -0.271 e. The summed E-state index contributed by atoms with van der Waals surface area (Å²) in [5.74, 6) is -1.13. The fraction of sp³-hybridized carbons (Fsp3) is 0.222. The lowest BCUT2D eigenvalue weighted by molar-refractivity contribution is -0.120. The van der Waals surface area contributed by atoms with Gasteiger partial charge in [-0.1, -0.05) is 36.4 Å². The number of nitrogens with zero attached hydrogens (tertiary/aromatic N) is 1. The molecule has 0 atom stereocenters. The molecule has 0 radical (unpaired) electrons. The number of amides is 2. The van der Waals surface area contributed by atoms with E-state index in [0.717, 1.165) is 21.7 Å². The number of anilines is 1. The molecule has 0 aromatic heterocycles. The van der Waals surface area contributed by atoms with Crippen LogP contribution in [-0.2, 0) is 14.8 Å². The molecule has 2 aromatic carbocycles. The highest BCUT2D eigenvalue weighted by Crippen LogP contribution is 2.21. The van der Waals surface area contributed by atoms with Crippen molar-refractivity contribution in [1.29, 1.82) is 0 Å². The predicted octanol–water partition coefficient (Wildman–Crippen LogP) is 1.53. The van der Waals surface area contributed by atoms with E-state index in [1.165, 1.54) is 0 Å². The average Bonchev–Trinajstić information content (AvgIpc) is 2.58. The molecule has 26 heavy (non-hydrogen) atoms. The van der Waals surface area contributed by atoms with Gasteiger partial charge in [-0.05, 0) is 37.1 Å². The highest BCUT2D eigenvalue weighted by atomic mass is 32.2. The molecule has 0 unspecified atom stereocenters. The minimum absolute atomic E-state index is 0.412. The third-order valence-corrected chi connectivity index (χ3v) is 4.90. The summed E-state index contributed by atoms with van der Waals surface area (Å²) in [7, 11) is -3.67. The summed E-state index contributed by atoms with van der Waals surface area (Å²) in [6.07, 6.45) is 1.03. The number of rotatable bonds is 5. The maximum atomic E-state index is 12.2. The molecule has 0 fully saturated rings. The topological polar surface area (TPSA) is 95.6 Å². The van der Waals surface area contributed by atoms with Gasteiger partial charge in [-0.2, -0.15) is 0 Å². The van der Waals surface area contributed by atoms with Gasteiger partial charge in [0.2, 0.25) is 10.0 Å². The van der Waals surface area contributed by atoms with E-state index in [4.69, 9.17) is 0 Å². The Hall–Kier alpha value is -2.87. The highest BCUT2D eigenvalue weighted by Gasteiger charge is 2.22. The second-order valence-electron chi connectivity index (χ2n) is 5.87. The second kappa shape index (κ2) is 8.01. The second-order valence-corrected chi connectivity index (χ2v) is 7.78. The first-order valence-electron chi connectivity index (χ1n) is 7.88. The van der Waals surface area contributed by atoms with Crippen LogP contribution in [-0.4, -0.2) is 33.0 Å². The lowest BCUT2D eigenvalue weighted by atomic mass is 10.1. The lowest BCUT2D eigenvalue weighted by Crippen LogP contribution is -2.47. The smallest absolute Gasteiger partial charge is 0.269 e. The zero-order chi connectivity index (χ0) is 19.3. The number of hydrogen-bond acceptors (Lipinski definition) is 4. The van der Waals surface area contributed by atoms with Crippen molar-refractivity contribution in [3.63, 3.8) is 0 Å². The zero-order valence-electron chi connectivity index (χ0n) is 14.8. The Balaban J connectivity index is 2.08. The van der Waals surface area contributed by atoms with Gasteiger partial charge in [0.25, 0.3) is 11.8 Å². The van der Waals surface area contributed by atoms with E-state index < -0.39 is 28.4 Å². The summed E-state index contributed by atoms with van der Waals surface area (Å²) in [6.45, 7) is 3.09. The standard InChI is InChI=1S/C18H21N3O4S/c1-13-8-4-6-10-15(13)18(23)20-19-17(22)12-21(26(3,24)25)16-11-7-5-9-14(16)2/h4-11H,12H2,1-3H3,(H,19,22)(H,20,23). The summed E-state index contributed by atoms with van der Waals surface area (Å²) >= 11 is 0. The molecule has 2 aromatic rings. The first kappa shape index (κ1) is 19.5. The zero-order valence-corrected chi connectivity index (χ0v) is 15.6. The van der Waals surface area contributed by atoms with Gasteiger partial charge >= 0.3 is 0 Å². The van der Waals surface area contributed by atoms with Gasteiger partial charge in [0.15, 0.2) is 0 Å². The Labute approximate surface area is 153 Å².